The first-order valence-electron chi connectivity index (χ1n) is 9.19. The normalized spacial score (nSPS) is 11.2. The molecule has 0 spiro atoms. The van der Waals surface area contributed by atoms with Crippen molar-refractivity contribution in [2.24, 2.45) is 0 Å². The second kappa shape index (κ2) is 9.30. The molecule has 0 radical (unpaired) electrons. The lowest BCUT2D eigenvalue weighted by Gasteiger charge is -2.19. The summed E-state index contributed by atoms with van der Waals surface area (Å²) in [4.78, 5) is 14.6. The third kappa shape index (κ3) is 5.18. The predicted molar refractivity (Wildman–Crippen MR) is 121 cm³/mol. The minimum Gasteiger partial charge on any atom is -0.375 e. The van der Waals surface area contributed by atoms with Crippen LogP contribution < -0.4 is 14.9 Å². The van der Waals surface area contributed by atoms with Crippen molar-refractivity contribution in [2.75, 3.05) is 24.3 Å². The molecule has 2 N–H and O–H groups in total. The molecule has 6 nitrogen and oxygen atoms in total. The fourth-order valence-electron chi connectivity index (χ4n) is 2.93. The molecule has 0 unspecified atom stereocenters. The summed E-state index contributed by atoms with van der Waals surface area (Å²) in [5.74, 6) is -0.430. The van der Waals surface area contributed by atoms with Crippen molar-refractivity contribution in [1.82, 2.24) is 4.72 Å². The summed E-state index contributed by atoms with van der Waals surface area (Å²) in [7, 11) is -0.131. The maximum Gasteiger partial charge on any atom is 0.255 e. The molecule has 3 rings (SSSR count). The molecule has 3 aromatic rings. The van der Waals surface area contributed by atoms with Crippen LogP contribution in [0, 0.1) is 0 Å². The maximum absolute atomic E-state index is 12.8. The average molecular weight is 444 g/mol. The monoisotopic (exact) mass is 443 g/mol. The first kappa shape index (κ1) is 21.8. The highest BCUT2D eigenvalue weighted by Gasteiger charge is 2.18. The number of carbonyl (C=O) groups is 1. The minimum absolute atomic E-state index is 0.0185. The fraction of sp³-hybridized carbons (Fsp3) is 0.136. The third-order valence-corrected chi connectivity index (χ3v) is 6.10. The van der Waals surface area contributed by atoms with Crippen LogP contribution in [0.4, 0.5) is 11.4 Å². The van der Waals surface area contributed by atoms with Gasteiger partial charge in [0.1, 0.15) is 0 Å². The zero-order chi connectivity index (χ0) is 21.7. The highest BCUT2D eigenvalue weighted by atomic mass is 35.5. The largest absolute Gasteiger partial charge is 0.375 e. The Balaban J connectivity index is 1.80. The van der Waals surface area contributed by atoms with Crippen LogP contribution in [0.3, 0.4) is 0 Å². The van der Waals surface area contributed by atoms with Gasteiger partial charge in [-0.1, -0.05) is 54.1 Å². The molecule has 0 aliphatic heterocycles. The zero-order valence-electron chi connectivity index (χ0n) is 16.6. The molecule has 0 bridgehead atoms. The molecular weight excluding hydrogens is 422 g/mol. The Hall–Kier alpha value is -2.87. The van der Waals surface area contributed by atoms with Gasteiger partial charge in [-0.05, 0) is 35.9 Å². The van der Waals surface area contributed by atoms with Gasteiger partial charge in [0.2, 0.25) is 10.0 Å². The Bertz CT molecular complexity index is 1150. The van der Waals surface area contributed by atoms with Crippen LogP contribution in [0.15, 0.2) is 77.7 Å². The van der Waals surface area contributed by atoms with E-state index in [0.717, 1.165) is 5.56 Å². The van der Waals surface area contributed by atoms with Crippen molar-refractivity contribution in [3.05, 3.63) is 88.9 Å². The molecule has 1 amide bonds. The number of para-hydroxylation sites is 1. The Morgan fingerprint density at radius 1 is 0.967 bits per heavy atom. The lowest BCUT2D eigenvalue weighted by atomic mass is 10.2. The van der Waals surface area contributed by atoms with E-state index in [1.165, 1.54) is 18.2 Å². The Kier molecular flexibility index (Phi) is 6.77. The van der Waals surface area contributed by atoms with E-state index < -0.39 is 15.9 Å². The van der Waals surface area contributed by atoms with Gasteiger partial charge in [-0.15, -0.1) is 0 Å². The second-order valence-corrected chi connectivity index (χ2v) is 9.00. The van der Waals surface area contributed by atoms with Crippen LogP contribution in [0.5, 0.6) is 0 Å². The summed E-state index contributed by atoms with van der Waals surface area (Å²) in [5.41, 5.74) is 2.27. The standard InChI is InChI=1S/C22H22ClN3O3S/c1-26(2)21-19(23)12-7-13-20(21)25-22(27)17-10-6-11-18(14-17)30(28,29)24-15-16-8-4-3-5-9-16/h3-14,24H,15H2,1-2H3,(H,25,27). The summed E-state index contributed by atoms with van der Waals surface area (Å²) in [5, 5.41) is 3.30. The lowest BCUT2D eigenvalue weighted by Crippen LogP contribution is -2.24. The van der Waals surface area contributed by atoms with Crippen LogP contribution in [0.25, 0.3) is 0 Å². The van der Waals surface area contributed by atoms with Gasteiger partial charge in [0.15, 0.2) is 0 Å². The van der Waals surface area contributed by atoms with E-state index in [2.05, 4.69) is 10.0 Å². The molecule has 0 saturated heterocycles. The van der Waals surface area contributed by atoms with E-state index in [4.69, 9.17) is 11.6 Å². The summed E-state index contributed by atoms with van der Waals surface area (Å²) >= 11 is 6.24. The maximum atomic E-state index is 12.8. The molecule has 0 heterocycles. The van der Waals surface area contributed by atoms with Gasteiger partial charge in [0, 0.05) is 26.2 Å². The summed E-state index contributed by atoms with van der Waals surface area (Å²) in [6.07, 6.45) is 0. The molecule has 0 atom stereocenters. The van der Waals surface area contributed by atoms with Crippen molar-refractivity contribution in [3.63, 3.8) is 0 Å². The summed E-state index contributed by atoms with van der Waals surface area (Å²) in [6.45, 7) is 0.161. The number of halogens is 1. The number of hydrogen-bond acceptors (Lipinski definition) is 4. The Morgan fingerprint density at radius 2 is 1.67 bits per heavy atom. The molecule has 156 valence electrons. The quantitative estimate of drug-likeness (QED) is 0.575. The van der Waals surface area contributed by atoms with E-state index in [9.17, 15) is 13.2 Å². The first-order chi connectivity index (χ1) is 14.3. The molecule has 3 aromatic carbocycles. The van der Waals surface area contributed by atoms with Gasteiger partial charge in [0.25, 0.3) is 5.91 Å². The first-order valence-corrected chi connectivity index (χ1v) is 11.0. The molecule has 0 aliphatic carbocycles. The van der Waals surface area contributed by atoms with Crippen molar-refractivity contribution in [2.45, 2.75) is 11.4 Å². The molecule has 0 aromatic heterocycles. The fourth-order valence-corrected chi connectivity index (χ4v) is 4.33. The summed E-state index contributed by atoms with van der Waals surface area (Å²) < 4.78 is 27.9. The zero-order valence-corrected chi connectivity index (χ0v) is 18.2. The molecule has 0 fully saturated rings. The van der Waals surface area contributed by atoms with Crippen LogP contribution in [0.2, 0.25) is 5.02 Å². The number of carbonyl (C=O) groups excluding carboxylic acids is 1. The number of sulfonamides is 1. The van der Waals surface area contributed by atoms with Crippen molar-refractivity contribution in [3.8, 4) is 0 Å². The van der Waals surface area contributed by atoms with E-state index in [1.807, 2.05) is 44.4 Å². The number of hydrogen-bond donors (Lipinski definition) is 2. The van der Waals surface area contributed by atoms with E-state index in [-0.39, 0.29) is 17.0 Å². The number of amides is 1. The van der Waals surface area contributed by atoms with Gasteiger partial charge in [-0.3, -0.25) is 4.79 Å². The average Bonchev–Trinajstić information content (AvgIpc) is 2.73. The predicted octanol–water partition coefficient (Wildman–Crippen LogP) is 4.14. The number of nitrogens with zero attached hydrogens (tertiary/aromatic N) is 1. The Labute approximate surface area is 181 Å². The molecule has 30 heavy (non-hydrogen) atoms. The number of anilines is 2. The van der Waals surface area contributed by atoms with Crippen molar-refractivity contribution in [1.29, 1.82) is 0 Å². The van der Waals surface area contributed by atoms with Crippen molar-refractivity contribution < 1.29 is 13.2 Å². The van der Waals surface area contributed by atoms with Crippen LogP contribution in [-0.2, 0) is 16.6 Å². The molecule has 0 saturated carbocycles. The van der Waals surface area contributed by atoms with Gasteiger partial charge in [0.05, 0.1) is 21.3 Å². The van der Waals surface area contributed by atoms with E-state index >= 15 is 0 Å². The van der Waals surface area contributed by atoms with E-state index in [0.29, 0.717) is 16.4 Å². The lowest BCUT2D eigenvalue weighted by molar-refractivity contribution is 0.102. The summed E-state index contributed by atoms with van der Waals surface area (Å²) in [6, 6.07) is 20.3. The topological polar surface area (TPSA) is 78.5 Å². The molecular formula is C22H22ClN3O3S. The molecule has 8 heteroatoms. The number of rotatable bonds is 7. The molecule has 0 aliphatic rings. The van der Waals surface area contributed by atoms with Crippen molar-refractivity contribution >= 4 is 38.9 Å². The van der Waals surface area contributed by atoms with Crippen LogP contribution >= 0.6 is 11.6 Å². The minimum atomic E-state index is -3.78. The second-order valence-electron chi connectivity index (χ2n) is 6.82. The highest BCUT2D eigenvalue weighted by Crippen LogP contribution is 2.32. The van der Waals surface area contributed by atoms with Gasteiger partial charge in [-0.2, -0.15) is 0 Å². The highest BCUT2D eigenvalue weighted by molar-refractivity contribution is 7.89. The SMILES string of the molecule is CN(C)c1c(Cl)cccc1NC(=O)c1cccc(S(=O)(=O)NCc2ccccc2)c1. The third-order valence-electron chi connectivity index (χ3n) is 4.40. The van der Waals surface area contributed by atoms with Gasteiger partial charge >= 0.3 is 0 Å². The van der Waals surface area contributed by atoms with Gasteiger partial charge < -0.3 is 10.2 Å². The van der Waals surface area contributed by atoms with Gasteiger partial charge in [-0.25, -0.2) is 13.1 Å². The van der Waals surface area contributed by atoms with E-state index in [1.54, 1.807) is 29.2 Å². The van der Waals surface area contributed by atoms with Crippen LogP contribution in [0.1, 0.15) is 15.9 Å². The number of nitrogens with one attached hydrogen (secondary N) is 2. The smallest absolute Gasteiger partial charge is 0.255 e. The number of benzene rings is 3. The Morgan fingerprint density at radius 3 is 2.37 bits per heavy atom. The van der Waals surface area contributed by atoms with Crippen LogP contribution in [-0.4, -0.2) is 28.4 Å².